The number of allylic oxidation sites excluding steroid dienone is 2. The molecule has 0 saturated carbocycles. The maximum Gasteiger partial charge on any atom is 0.235 e. The van der Waals surface area contributed by atoms with Crippen molar-refractivity contribution in [2.75, 3.05) is 16.0 Å². The van der Waals surface area contributed by atoms with Crippen LogP contribution in [0.1, 0.15) is 25.3 Å². The van der Waals surface area contributed by atoms with E-state index in [1.165, 1.54) is 0 Å². The molecule has 1 aromatic rings. The van der Waals surface area contributed by atoms with Crippen LogP contribution in [0, 0.1) is 0 Å². The third-order valence-electron chi connectivity index (χ3n) is 4.09. The maximum atomic E-state index is 12.5. The molecule has 0 aromatic heterocycles. The summed E-state index contributed by atoms with van der Waals surface area (Å²) in [4.78, 5) is 12.5. The second kappa shape index (κ2) is 4.40. The first kappa shape index (κ1) is 12.8. The fourth-order valence-electron chi connectivity index (χ4n) is 3.19. The van der Waals surface area contributed by atoms with Crippen molar-refractivity contribution in [1.82, 2.24) is 0 Å². The molecule has 0 saturated heterocycles. The van der Waals surface area contributed by atoms with Gasteiger partial charge in [-0.05, 0) is 37.5 Å². The summed E-state index contributed by atoms with van der Waals surface area (Å²) >= 11 is 0. The Balaban J connectivity index is 2.13. The molecule has 2 aliphatic rings. The first-order valence-corrected chi connectivity index (χ1v) is 6.85. The standard InChI is InChI=1S/C16H19N3O/c1-4-6-16(7-5-2)11-8-13-14(18-10(3)17-13)9-12(11)19-15(16)20/h4-5,8-10,17-18H,1-2,6-7H2,3H3,(H,19,20). The van der Waals surface area contributed by atoms with Gasteiger partial charge in [0.05, 0.1) is 23.0 Å². The third kappa shape index (κ3) is 1.64. The summed E-state index contributed by atoms with van der Waals surface area (Å²) in [5.74, 6) is 0.0315. The highest BCUT2D eigenvalue weighted by Crippen LogP contribution is 2.47. The molecule has 0 bridgehead atoms. The Kier molecular flexibility index (Phi) is 2.82. The molecule has 2 aliphatic heterocycles. The minimum Gasteiger partial charge on any atom is -0.364 e. The van der Waals surface area contributed by atoms with Crippen molar-refractivity contribution in [1.29, 1.82) is 0 Å². The number of fused-ring (bicyclic) bond motifs is 2. The summed E-state index contributed by atoms with van der Waals surface area (Å²) in [6.45, 7) is 9.66. The first-order valence-electron chi connectivity index (χ1n) is 6.85. The Hall–Kier alpha value is -2.23. The summed E-state index contributed by atoms with van der Waals surface area (Å²) in [6, 6.07) is 4.08. The van der Waals surface area contributed by atoms with Gasteiger partial charge in [0.2, 0.25) is 5.91 Å². The van der Waals surface area contributed by atoms with Crippen LogP contribution in [0.3, 0.4) is 0 Å². The Labute approximate surface area is 119 Å². The van der Waals surface area contributed by atoms with Gasteiger partial charge in [-0.2, -0.15) is 0 Å². The molecule has 2 heterocycles. The van der Waals surface area contributed by atoms with Crippen LogP contribution >= 0.6 is 0 Å². The Morgan fingerprint density at radius 1 is 1.15 bits per heavy atom. The van der Waals surface area contributed by atoms with Gasteiger partial charge >= 0.3 is 0 Å². The lowest BCUT2D eigenvalue weighted by atomic mass is 9.75. The Morgan fingerprint density at radius 3 is 2.35 bits per heavy atom. The lowest BCUT2D eigenvalue weighted by Gasteiger charge is -2.24. The molecule has 1 aromatic carbocycles. The molecule has 4 heteroatoms. The lowest BCUT2D eigenvalue weighted by molar-refractivity contribution is -0.120. The Bertz CT molecular complexity index is 596. The lowest BCUT2D eigenvalue weighted by Crippen LogP contribution is -2.33. The van der Waals surface area contributed by atoms with Gasteiger partial charge in [-0.1, -0.05) is 12.2 Å². The zero-order valence-corrected chi connectivity index (χ0v) is 11.6. The highest BCUT2D eigenvalue weighted by molar-refractivity contribution is 6.08. The molecule has 0 aliphatic carbocycles. The van der Waals surface area contributed by atoms with Crippen LogP contribution in [0.15, 0.2) is 37.4 Å². The predicted octanol–water partition coefficient (Wildman–Crippen LogP) is 3.21. The number of carbonyl (C=O) groups excluding carboxylic acids is 1. The van der Waals surface area contributed by atoms with Gasteiger partial charge in [-0.15, -0.1) is 13.2 Å². The number of hydrogen-bond acceptors (Lipinski definition) is 3. The minimum atomic E-state index is -0.568. The summed E-state index contributed by atoms with van der Waals surface area (Å²) in [5.41, 5.74) is 3.43. The van der Waals surface area contributed by atoms with E-state index in [9.17, 15) is 4.79 Å². The zero-order chi connectivity index (χ0) is 14.3. The fourth-order valence-corrected chi connectivity index (χ4v) is 3.19. The first-order chi connectivity index (χ1) is 9.60. The summed E-state index contributed by atoms with van der Waals surface area (Å²) in [7, 11) is 0. The van der Waals surface area contributed by atoms with E-state index >= 15 is 0 Å². The molecule has 1 amide bonds. The fraction of sp³-hybridized carbons (Fsp3) is 0.312. The van der Waals surface area contributed by atoms with Gasteiger partial charge < -0.3 is 16.0 Å². The Morgan fingerprint density at radius 2 is 1.75 bits per heavy atom. The van der Waals surface area contributed by atoms with E-state index < -0.39 is 5.41 Å². The van der Waals surface area contributed by atoms with Crippen LogP contribution < -0.4 is 16.0 Å². The van der Waals surface area contributed by atoms with Gasteiger partial charge in [0.15, 0.2) is 0 Å². The quantitative estimate of drug-likeness (QED) is 0.736. The minimum absolute atomic E-state index is 0.0315. The van der Waals surface area contributed by atoms with Crippen LogP contribution in [-0.4, -0.2) is 12.1 Å². The summed E-state index contributed by atoms with van der Waals surface area (Å²) in [6.07, 6.45) is 5.04. The van der Waals surface area contributed by atoms with Gasteiger partial charge in [0, 0.05) is 5.69 Å². The van der Waals surface area contributed by atoms with Gasteiger partial charge in [-0.25, -0.2) is 0 Å². The second-order valence-electron chi connectivity index (χ2n) is 5.48. The molecular formula is C16H19N3O. The van der Waals surface area contributed by atoms with Gasteiger partial charge in [0.25, 0.3) is 0 Å². The molecule has 0 radical (unpaired) electrons. The average molecular weight is 269 g/mol. The molecule has 1 unspecified atom stereocenters. The highest BCUT2D eigenvalue weighted by atomic mass is 16.2. The summed E-state index contributed by atoms with van der Waals surface area (Å²) < 4.78 is 0. The van der Waals surface area contributed by atoms with Crippen LogP contribution in [0.25, 0.3) is 0 Å². The molecule has 0 spiro atoms. The van der Waals surface area contributed by atoms with Crippen LogP contribution in [0.5, 0.6) is 0 Å². The van der Waals surface area contributed by atoms with Crippen molar-refractivity contribution in [2.24, 2.45) is 0 Å². The molecule has 3 N–H and O–H groups in total. The van der Waals surface area contributed by atoms with Crippen LogP contribution in [0.4, 0.5) is 17.1 Å². The topological polar surface area (TPSA) is 53.2 Å². The van der Waals surface area contributed by atoms with Crippen molar-refractivity contribution in [3.05, 3.63) is 43.0 Å². The summed E-state index contributed by atoms with van der Waals surface area (Å²) in [5, 5.41) is 9.69. The average Bonchev–Trinajstić information content (AvgIpc) is 2.87. The zero-order valence-electron chi connectivity index (χ0n) is 11.6. The molecule has 104 valence electrons. The van der Waals surface area contributed by atoms with E-state index in [2.05, 4.69) is 42.1 Å². The van der Waals surface area contributed by atoms with E-state index in [4.69, 9.17) is 0 Å². The predicted molar refractivity (Wildman–Crippen MR) is 83.1 cm³/mol. The number of rotatable bonds is 4. The van der Waals surface area contributed by atoms with Crippen molar-refractivity contribution in [3.8, 4) is 0 Å². The SMILES string of the molecule is C=CCC1(CC=C)C(=O)Nc2cc3c(cc21)NC(C)N3. The largest absolute Gasteiger partial charge is 0.364 e. The maximum absolute atomic E-state index is 12.5. The van der Waals surface area contributed by atoms with Crippen molar-refractivity contribution in [3.63, 3.8) is 0 Å². The van der Waals surface area contributed by atoms with Crippen LogP contribution in [0.2, 0.25) is 0 Å². The molecule has 20 heavy (non-hydrogen) atoms. The smallest absolute Gasteiger partial charge is 0.235 e. The van der Waals surface area contributed by atoms with E-state index in [1.807, 2.05) is 6.07 Å². The monoisotopic (exact) mass is 269 g/mol. The number of carbonyl (C=O) groups is 1. The van der Waals surface area contributed by atoms with Crippen molar-refractivity contribution >= 4 is 23.0 Å². The van der Waals surface area contributed by atoms with Crippen molar-refractivity contribution < 1.29 is 4.79 Å². The normalized spacial score (nSPS) is 21.2. The van der Waals surface area contributed by atoms with E-state index in [1.54, 1.807) is 12.2 Å². The number of hydrogen-bond donors (Lipinski definition) is 3. The number of benzene rings is 1. The molecule has 0 fully saturated rings. The van der Waals surface area contributed by atoms with E-state index in [0.717, 1.165) is 22.6 Å². The number of nitrogens with one attached hydrogen (secondary N) is 3. The molecule has 1 atom stereocenters. The highest BCUT2D eigenvalue weighted by Gasteiger charge is 2.45. The molecule has 4 nitrogen and oxygen atoms in total. The molecule has 3 rings (SSSR count). The van der Waals surface area contributed by atoms with Crippen molar-refractivity contribution in [2.45, 2.75) is 31.3 Å². The molecular weight excluding hydrogens is 250 g/mol. The third-order valence-corrected chi connectivity index (χ3v) is 4.09. The van der Waals surface area contributed by atoms with Crippen LogP contribution in [-0.2, 0) is 10.2 Å². The van der Waals surface area contributed by atoms with Gasteiger partial charge in [0.1, 0.15) is 0 Å². The number of anilines is 3. The van der Waals surface area contributed by atoms with Gasteiger partial charge in [-0.3, -0.25) is 4.79 Å². The second-order valence-corrected chi connectivity index (χ2v) is 5.48. The van der Waals surface area contributed by atoms with E-state index in [-0.39, 0.29) is 12.1 Å². The number of amides is 1. The van der Waals surface area contributed by atoms with E-state index in [0.29, 0.717) is 12.8 Å².